The number of hydrogen-bond donors (Lipinski definition) is 3. The molecule has 3 heterocycles. The van der Waals surface area contributed by atoms with Gasteiger partial charge < -0.3 is 20.5 Å². The highest BCUT2D eigenvalue weighted by Crippen LogP contribution is 2.37. The number of carbonyl (C=O) groups is 2. The molecule has 1 saturated carbocycles. The fourth-order valence-corrected chi connectivity index (χ4v) is 5.87. The van der Waals surface area contributed by atoms with Gasteiger partial charge in [0.15, 0.2) is 0 Å². The zero-order chi connectivity index (χ0) is 25.9. The van der Waals surface area contributed by atoms with Gasteiger partial charge in [-0.15, -0.1) is 0 Å². The van der Waals surface area contributed by atoms with Crippen LogP contribution in [0.1, 0.15) is 63.6 Å². The van der Waals surface area contributed by atoms with Crippen LogP contribution in [0.25, 0.3) is 22.2 Å². The number of benzene rings is 1. The van der Waals surface area contributed by atoms with Crippen molar-refractivity contribution in [2.75, 3.05) is 13.6 Å². The van der Waals surface area contributed by atoms with Crippen LogP contribution in [0.2, 0.25) is 0 Å². The van der Waals surface area contributed by atoms with E-state index in [0.29, 0.717) is 6.54 Å². The average Bonchev–Trinajstić information content (AvgIpc) is 3.59. The van der Waals surface area contributed by atoms with Gasteiger partial charge in [0.05, 0.1) is 23.3 Å². The molecule has 3 N–H and O–H groups in total. The third kappa shape index (κ3) is 5.25. The Labute approximate surface area is 217 Å². The van der Waals surface area contributed by atoms with Crippen LogP contribution in [0.4, 0.5) is 4.39 Å². The number of amides is 2. The van der Waals surface area contributed by atoms with E-state index in [1.54, 1.807) is 25.4 Å². The second-order valence-electron chi connectivity index (χ2n) is 10.4. The number of hydrogen-bond acceptors (Lipinski definition) is 4. The molecular formula is C29H36FN5O2. The minimum Gasteiger partial charge on any atom is -0.355 e. The molecule has 1 aromatic carbocycles. The number of aromatic amines is 1. The summed E-state index contributed by atoms with van der Waals surface area (Å²) in [5.41, 5.74) is 3.43. The largest absolute Gasteiger partial charge is 0.355 e. The first kappa shape index (κ1) is 25.4. The number of likely N-dealkylation sites (N-methyl/N-ethyl adjacent to an activating group) is 1. The number of likely N-dealkylation sites (tertiary alicyclic amines) is 1. The van der Waals surface area contributed by atoms with Gasteiger partial charge in [0, 0.05) is 29.4 Å². The van der Waals surface area contributed by atoms with Gasteiger partial charge in [0.25, 0.3) is 0 Å². The highest BCUT2D eigenvalue weighted by Gasteiger charge is 2.39. The average molecular weight is 506 g/mol. The van der Waals surface area contributed by atoms with Gasteiger partial charge in [-0.3, -0.25) is 14.6 Å². The second kappa shape index (κ2) is 11.0. The Morgan fingerprint density at radius 2 is 1.84 bits per heavy atom. The van der Waals surface area contributed by atoms with Crippen LogP contribution in [-0.2, 0) is 9.59 Å². The summed E-state index contributed by atoms with van der Waals surface area (Å²) in [5.74, 6) is -0.246. The second-order valence-corrected chi connectivity index (χ2v) is 10.4. The van der Waals surface area contributed by atoms with Crippen LogP contribution < -0.4 is 10.6 Å². The van der Waals surface area contributed by atoms with Crippen molar-refractivity contribution in [2.45, 2.75) is 70.0 Å². The van der Waals surface area contributed by atoms with Gasteiger partial charge in [-0.05, 0) is 82.0 Å². The number of nitrogens with zero attached hydrogens (tertiary/aromatic N) is 2. The van der Waals surface area contributed by atoms with Gasteiger partial charge in [-0.2, -0.15) is 0 Å². The van der Waals surface area contributed by atoms with Crippen molar-refractivity contribution in [2.24, 2.45) is 5.92 Å². The normalized spacial score (nSPS) is 20.2. The van der Waals surface area contributed by atoms with Gasteiger partial charge in [0.2, 0.25) is 11.8 Å². The lowest BCUT2D eigenvalue weighted by Gasteiger charge is -2.35. The highest BCUT2D eigenvalue weighted by molar-refractivity contribution is 5.93. The Hall–Kier alpha value is -3.26. The smallest absolute Gasteiger partial charge is 0.246 e. The Balaban J connectivity index is 1.44. The van der Waals surface area contributed by atoms with E-state index in [1.165, 1.54) is 18.6 Å². The van der Waals surface area contributed by atoms with E-state index in [9.17, 15) is 14.0 Å². The maximum Gasteiger partial charge on any atom is 0.246 e. The molecule has 2 fully saturated rings. The van der Waals surface area contributed by atoms with Crippen LogP contribution in [0, 0.1) is 11.7 Å². The topological polar surface area (TPSA) is 90.1 Å². The summed E-state index contributed by atoms with van der Waals surface area (Å²) < 4.78 is 13.5. The number of pyridine rings is 1. The minimum atomic E-state index is -0.509. The van der Waals surface area contributed by atoms with Gasteiger partial charge in [-0.1, -0.05) is 19.3 Å². The van der Waals surface area contributed by atoms with E-state index in [4.69, 9.17) is 0 Å². The molecule has 2 aliphatic rings. The summed E-state index contributed by atoms with van der Waals surface area (Å²) >= 11 is 0. The molecule has 37 heavy (non-hydrogen) atoms. The van der Waals surface area contributed by atoms with Gasteiger partial charge in [0.1, 0.15) is 11.9 Å². The van der Waals surface area contributed by atoms with E-state index in [0.717, 1.165) is 66.4 Å². The van der Waals surface area contributed by atoms with E-state index in [2.05, 4.69) is 26.7 Å². The van der Waals surface area contributed by atoms with Crippen molar-refractivity contribution in [1.82, 2.24) is 25.5 Å². The Bertz CT molecular complexity index is 1250. The van der Waals surface area contributed by atoms with Crippen molar-refractivity contribution >= 4 is 22.7 Å². The Kier molecular flexibility index (Phi) is 7.55. The number of carbonyl (C=O) groups excluding carboxylic acids is 2. The predicted molar refractivity (Wildman–Crippen MR) is 142 cm³/mol. The molecule has 2 aromatic heterocycles. The predicted octanol–water partition coefficient (Wildman–Crippen LogP) is 4.71. The molecule has 5 rings (SSSR count). The monoisotopic (exact) mass is 505 g/mol. The molecule has 3 aromatic rings. The van der Waals surface area contributed by atoms with Gasteiger partial charge in [-0.25, -0.2) is 4.39 Å². The van der Waals surface area contributed by atoms with Crippen molar-refractivity contribution in [3.63, 3.8) is 0 Å². The zero-order valence-electron chi connectivity index (χ0n) is 21.6. The Morgan fingerprint density at radius 1 is 1.08 bits per heavy atom. The van der Waals surface area contributed by atoms with Crippen molar-refractivity contribution in [1.29, 1.82) is 0 Å². The lowest BCUT2D eigenvalue weighted by molar-refractivity contribution is -0.139. The third-order valence-electron chi connectivity index (χ3n) is 8.09. The van der Waals surface area contributed by atoms with Crippen LogP contribution in [0.3, 0.4) is 0 Å². The molecule has 0 spiro atoms. The Morgan fingerprint density at radius 3 is 2.57 bits per heavy atom. The third-order valence-corrected chi connectivity index (χ3v) is 8.09. The molecule has 0 radical (unpaired) electrons. The molecule has 3 atom stereocenters. The maximum atomic E-state index is 14.0. The van der Waals surface area contributed by atoms with Crippen LogP contribution >= 0.6 is 0 Å². The summed E-state index contributed by atoms with van der Waals surface area (Å²) in [6, 6.07) is 9.41. The fraction of sp³-hybridized carbons (Fsp3) is 0.483. The quantitative estimate of drug-likeness (QED) is 0.434. The lowest BCUT2D eigenvalue weighted by Crippen LogP contribution is -2.55. The lowest BCUT2D eigenvalue weighted by atomic mass is 9.83. The summed E-state index contributed by atoms with van der Waals surface area (Å²) in [6.45, 7) is 2.48. The summed E-state index contributed by atoms with van der Waals surface area (Å²) in [5, 5.41) is 7.09. The molecular weight excluding hydrogens is 469 g/mol. The maximum absolute atomic E-state index is 14.0. The number of rotatable bonds is 7. The highest BCUT2D eigenvalue weighted by atomic mass is 19.1. The van der Waals surface area contributed by atoms with Crippen molar-refractivity contribution in [3.05, 3.63) is 54.1 Å². The SMILES string of the molecule is CN[C@@H](C)C(=O)N[C@H](C(=O)N1CCC[C@H]1c1cc2ccnc(-c3ccc(F)cc3)c2[nH]1)C1CCCCC1. The fourth-order valence-electron chi connectivity index (χ4n) is 5.87. The number of fused-ring (bicyclic) bond motifs is 1. The standard InChI is InChI=1S/C29H36FN5O2/c1-18(31-2)28(36)34-27(19-7-4-3-5-8-19)29(37)35-16-6-9-24(35)23-17-21-14-15-32-25(26(21)33-23)20-10-12-22(30)13-11-20/h10-15,17-19,24,27,31,33H,3-9,16H2,1-2H3,(H,34,36)/t18-,24-,27-/m0/s1. The molecule has 2 amide bonds. The van der Waals surface area contributed by atoms with Crippen molar-refractivity contribution in [3.8, 4) is 11.3 Å². The molecule has 1 aliphatic carbocycles. The molecule has 0 bridgehead atoms. The van der Waals surface area contributed by atoms with E-state index in [-0.39, 0.29) is 35.6 Å². The van der Waals surface area contributed by atoms with Crippen molar-refractivity contribution < 1.29 is 14.0 Å². The minimum absolute atomic E-state index is 0.0154. The number of H-pyrrole nitrogens is 1. The first-order valence-electron chi connectivity index (χ1n) is 13.5. The summed E-state index contributed by atoms with van der Waals surface area (Å²) in [7, 11) is 1.75. The first-order chi connectivity index (χ1) is 18.0. The summed E-state index contributed by atoms with van der Waals surface area (Å²) in [4.78, 5) is 36.9. The molecule has 0 unspecified atom stereocenters. The molecule has 196 valence electrons. The van der Waals surface area contributed by atoms with E-state index >= 15 is 0 Å². The number of halogens is 1. The zero-order valence-corrected chi connectivity index (χ0v) is 21.6. The van der Waals surface area contributed by atoms with Gasteiger partial charge >= 0.3 is 0 Å². The van der Waals surface area contributed by atoms with Crippen LogP contribution in [0.15, 0.2) is 42.6 Å². The molecule has 1 aliphatic heterocycles. The van der Waals surface area contributed by atoms with E-state index < -0.39 is 6.04 Å². The number of aromatic nitrogens is 2. The van der Waals surface area contributed by atoms with E-state index in [1.807, 2.05) is 17.9 Å². The van der Waals surface area contributed by atoms with Crippen LogP contribution in [-0.4, -0.2) is 52.4 Å². The molecule has 7 nitrogen and oxygen atoms in total. The molecule has 1 saturated heterocycles. The first-order valence-corrected chi connectivity index (χ1v) is 13.5. The number of nitrogens with one attached hydrogen (secondary N) is 3. The summed E-state index contributed by atoms with van der Waals surface area (Å²) in [6.07, 6.45) is 8.82. The van der Waals surface area contributed by atoms with Crippen LogP contribution in [0.5, 0.6) is 0 Å². The molecule has 8 heteroatoms.